The SMILES string of the molecule is c1ncc2c(n1)oc1ncncc12. The zero-order valence-electron chi connectivity index (χ0n) is 6.51. The molecule has 3 heterocycles. The van der Waals surface area contributed by atoms with Crippen LogP contribution in [0, 0.1) is 0 Å². The third-order valence-electron chi connectivity index (χ3n) is 1.83. The summed E-state index contributed by atoms with van der Waals surface area (Å²) in [4.78, 5) is 15.8. The molecule has 0 aliphatic carbocycles. The summed E-state index contributed by atoms with van der Waals surface area (Å²) in [6.45, 7) is 0. The van der Waals surface area contributed by atoms with E-state index in [1.807, 2.05) is 0 Å². The Morgan fingerprint density at radius 2 is 1.38 bits per heavy atom. The van der Waals surface area contributed by atoms with Crippen molar-refractivity contribution in [3.8, 4) is 0 Å². The third kappa shape index (κ3) is 0.807. The molecule has 0 bridgehead atoms. The number of aromatic nitrogens is 4. The zero-order valence-corrected chi connectivity index (χ0v) is 6.51. The van der Waals surface area contributed by atoms with Crippen molar-refractivity contribution in [1.29, 1.82) is 0 Å². The Morgan fingerprint density at radius 3 is 1.92 bits per heavy atom. The van der Waals surface area contributed by atoms with Gasteiger partial charge in [-0.15, -0.1) is 0 Å². The van der Waals surface area contributed by atoms with E-state index in [0.717, 1.165) is 10.8 Å². The molecule has 3 aromatic heterocycles. The van der Waals surface area contributed by atoms with Crippen LogP contribution in [0.3, 0.4) is 0 Å². The van der Waals surface area contributed by atoms with Crippen LogP contribution in [0.25, 0.3) is 22.2 Å². The fourth-order valence-electron chi connectivity index (χ4n) is 1.26. The normalized spacial score (nSPS) is 11.1. The largest absolute Gasteiger partial charge is 0.419 e. The number of hydrogen-bond acceptors (Lipinski definition) is 5. The Labute approximate surface area is 72.5 Å². The number of hydrogen-bond donors (Lipinski definition) is 0. The highest BCUT2D eigenvalue weighted by Crippen LogP contribution is 2.22. The Balaban J connectivity index is 2.64. The summed E-state index contributed by atoms with van der Waals surface area (Å²) in [6.07, 6.45) is 6.27. The van der Waals surface area contributed by atoms with E-state index in [1.54, 1.807) is 12.4 Å². The van der Waals surface area contributed by atoms with Gasteiger partial charge in [0.05, 0.1) is 10.8 Å². The van der Waals surface area contributed by atoms with Crippen molar-refractivity contribution in [2.24, 2.45) is 0 Å². The van der Waals surface area contributed by atoms with Crippen LogP contribution in [0.1, 0.15) is 0 Å². The van der Waals surface area contributed by atoms with E-state index in [4.69, 9.17) is 4.42 Å². The molecular weight excluding hydrogens is 168 g/mol. The van der Waals surface area contributed by atoms with Crippen molar-refractivity contribution >= 4 is 22.2 Å². The van der Waals surface area contributed by atoms with Crippen molar-refractivity contribution in [3.05, 3.63) is 25.0 Å². The van der Waals surface area contributed by atoms with Gasteiger partial charge in [-0.2, -0.15) is 0 Å². The summed E-state index contributed by atoms with van der Waals surface area (Å²) >= 11 is 0. The molecule has 13 heavy (non-hydrogen) atoms. The molecule has 3 rings (SSSR count). The van der Waals surface area contributed by atoms with Gasteiger partial charge >= 0.3 is 0 Å². The van der Waals surface area contributed by atoms with E-state index in [-0.39, 0.29) is 0 Å². The lowest BCUT2D eigenvalue weighted by Gasteiger charge is -1.83. The van der Waals surface area contributed by atoms with Crippen LogP contribution >= 0.6 is 0 Å². The lowest BCUT2D eigenvalue weighted by Crippen LogP contribution is -1.76. The summed E-state index contributed by atoms with van der Waals surface area (Å²) in [7, 11) is 0. The van der Waals surface area contributed by atoms with Gasteiger partial charge in [-0.3, -0.25) is 0 Å². The molecule has 0 fully saturated rings. The fourth-order valence-corrected chi connectivity index (χ4v) is 1.26. The van der Waals surface area contributed by atoms with E-state index in [2.05, 4.69) is 19.9 Å². The molecule has 3 aromatic rings. The summed E-state index contributed by atoms with van der Waals surface area (Å²) in [6, 6.07) is 0. The zero-order chi connectivity index (χ0) is 8.67. The summed E-state index contributed by atoms with van der Waals surface area (Å²) in [5.41, 5.74) is 1.09. The van der Waals surface area contributed by atoms with E-state index in [0.29, 0.717) is 11.4 Å². The quantitative estimate of drug-likeness (QED) is 0.509. The first-order valence-corrected chi connectivity index (χ1v) is 3.73. The average molecular weight is 172 g/mol. The molecule has 0 saturated carbocycles. The Hall–Kier alpha value is -2.04. The lowest BCUT2D eigenvalue weighted by atomic mass is 10.3. The van der Waals surface area contributed by atoms with E-state index in [1.165, 1.54) is 12.7 Å². The number of furan rings is 1. The maximum Gasteiger partial charge on any atom is 0.232 e. The Kier molecular flexibility index (Phi) is 1.11. The highest BCUT2D eigenvalue weighted by Gasteiger charge is 2.07. The highest BCUT2D eigenvalue weighted by atomic mass is 16.3. The van der Waals surface area contributed by atoms with Crippen LogP contribution in [-0.4, -0.2) is 19.9 Å². The van der Waals surface area contributed by atoms with Gasteiger partial charge in [0.1, 0.15) is 12.7 Å². The summed E-state index contributed by atoms with van der Waals surface area (Å²) in [5, 5.41) is 1.69. The van der Waals surface area contributed by atoms with Gasteiger partial charge in [-0.05, 0) is 0 Å². The van der Waals surface area contributed by atoms with E-state index < -0.39 is 0 Å². The lowest BCUT2D eigenvalue weighted by molar-refractivity contribution is 0.638. The summed E-state index contributed by atoms with van der Waals surface area (Å²) < 4.78 is 5.35. The molecule has 0 aliphatic rings. The third-order valence-corrected chi connectivity index (χ3v) is 1.83. The molecule has 0 unspecified atom stereocenters. The second kappa shape index (κ2) is 2.22. The molecule has 0 aliphatic heterocycles. The van der Waals surface area contributed by atoms with Crippen molar-refractivity contribution in [1.82, 2.24) is 19.9 Å². The van der Waals surface area contributed by atoms with Crippen LogP contribution in [0.15, 0.2) is 29.5 Å². The first kappa shape index (κ1) is 6.47. The molecule has 0 amide bonds. The molecule has 0 aromatic carbocycles. The molecule has 0 spiro atoms. The molecule has 0 atom stereocenters. The monoisotopic (exact) mass is 172 g/mol. The minimum Gasteiger partial charge on any atom is -0.419 e. The fraction of sp³-hybridized carbons (Fsp3) is 0. The van der Waals surface area contributed by atoms with Crippen LogP contribution in [0.4, 0.5) is 0 Å². The molecule has 0 radical (unpaired) electrons. The summed E-state index contributed by atoms with van der Waals surface area (Å²) in [5.74, 6) is 0. The molecule has 5 nitrogen and oxygen atoms in total. The Morgan fingerprint density at radius 1 is 0.846 bits per heavy atom. The maximum atomic E-state index is 5.35. The van der Waals surface area contributed by atoms with Gasteiger partial charge < -0.3 is 4.42 Å². The highest BCUT2D eigenvalue weighted by molar-refractivity contribution is 6.00. The average Bonchev–Trinajstić information content (AvgIpc) is 2.56. The standard InChI is InChI=1S/C8H4N4O/c1-5-6-2-10-4-12-8(6)13-7(5)11-3-9-1/h1-4H. The predicted molar refractivity (Wildman–Crippen MR) is 44.9 cm³/mol. The van der Waals surface area contributed by atoms with Crippen molar-refractivity contribution in [2.45, 2.75) is 0 Å². The molecule has 0 saturated heterocycles. The van der Waals surface area contributed by atoms with Crippen LogP contribution < -0.4 is 0 Å². The number of nitrogens with zero attached hydrogens (tertiary/aromatic N) is 4. The molecule has 5 heteroatoms. The molecular formula is C8H4N4O. The van der Waals surface area contributed by atoms with Crippen molar-refractivity contribution in [2.75, 3.05) is 0 Å². The molecule has 0 N–H and O–H groups in total. The van der Waals surface area contributed by atoms with Crippen LogP contribution in [0.5, 0.6) is 0 Å². The second-order valence-electron chi connectivity index (χ2n) is 2.59. The maximum absolute atomic E-state index is 5.35. The second-order valence-corrected chi connectivity index (χ2v) is 2.59. The van der Waals surface area contributed by atoms with Gasteiger partial charge in [0.2, 0.25) is 11.4 Å². The van der Waals surface area contributed by atoms with E-state index in [9.17, 15) is 0 Å². The van der Waals surface area contributed by atoms with Crippen molar-refractivity contribution < 1.29 is 4.42 Å². The van der Waals surface area contributed by atoms with Crippen LogP contribution in [-0.2, 0) is 0 Å². The smallest absolute Gasteiger partial charge is 0.232 e. The first-order chi connectivity index (χ1) is 6.45. The molecule has 62 valence electrons. The topological polar surface area (TPSA) is 64.7 Å². The van der Waals surface area contributed by atoms with E-state index >= 15 is 0 Å². The minimum atomic E-state index is 0.547. The van der Waals surface area contributed by atoms with Gasteiger partial charge in [0.25, 0.3) is 0 Å². The first-order valence-electron chi connectivity index (χ1n) is 3.73. The van der Waals surface area contributed by atoms with Crippen molar-refractivity contribution in [3.63, 3.8) is 0 Å². The van der Waals surface area contributed by atoms with Gasteiger partial charge in [0.15, 0.2) is 0 Å². The van der Waals surface area contributed by atoms with Gasteiger partial charge in [0, 0.05) is 12.4 Å². The Bertz CT molecular complexity index is 524. The van der Waals surface area contributed by atoms with Gasteiger partial charge in [-0.25, -0.2) is 19.9 Å². The number of rotatable bonds is 0. The minimum absolute atomic E-state index is 0.547. The van der Waals surface area contributed by atoms with Crippen LogP contribution in [0.2, 0.25) is 0 Å². The number of fused-ring (bicyclic) bond motifs is 3. The predicted octanol–water partition coefficient (Wildman–Crippen LogP) is 1.17. The van der Waals surface area contributed by atoms with Gasteiger partial charge in [-0.1, -0.05) is 0 Å².